The fourth-order valence-electron chi connectivity index (χ4n) is 7.36. The van der Waals surface area contributed by atoms with E-state index in [0.29, 0.717) is 0 Å². The van der Waals surface area contributed by atoms with Crippen LogP contribution in [0, 0.1) is 0 Å². The Bertz CT molecular complexity index is 2850. The Kier molecular flexibility index (Phi) is 6.61. The average Bonchev–Trinajstić information content (AvgIpc) is 3.74. The molecule has 0 bridgehead atoms. The summed E-state index contributed by atoms with van der Waals surface area (Å²) in [4.78, 5) is 2.46. The molecular formula is C46H29NS2. The molecule has 10 aromatic rings. The smallest absolute Gasteiger partial charge is 0.0640 e. The molecule has 8 aromatic carbocycles. The molecule has 2 aromatic heterocycles. The van der Waals surface area contributed by atoms with Crippen molar-refractivity contribution in [3.63, 3.8) is 0 Å². The maximum atomic E-state index is 2.46. The van der Waals surface area contributed by atoms with E-state index in [1.807, 2.05) is 22.7 Å². The first kappa shape index (κ1) is 28.3. The maximum absolute atomic E-state index is 2.46. The van der Waals surface area contributed by atoms with Gasteiger partial charge < -0.3 is 4.90 Å². The summed E-state index contributed by atoms with van der Waals surface area (Å²) in [5.41, 5.74) is 8.35. The molecule has 1 nitrogen and oxygen atoms in total. The van der Waals surface area contributed by atoms with Crippen molar-refractivity contribution >= 4 is 90.9 Å². The molecule has 0 unspecified atom stereocenters. The van der Waals surface area contributed by atoms with Gasteiger partial charge in [-0.05, 0) is 87.6 Å². The van der Waals surface area contributed by atoms with E-state index >= 15 is 0 Å². The monoisotopic (exact) mass is 659 g/mol. The highest BCUT2D eigenvalue weighted by molar-refractivity contribution is 7.26. The summed E-state index contributed by atoms with van der Waals surface area (Å²) in [5, 5.41) is 7.74. The van der Waals surface area contributed by atoms with Gasteiger partial charge in [0.25, 0.3) is 0 Å². The number of benzene rings is 8. The highest BCUT2D eigenvalue weighted by Gasteiger charge is 2.20. The van der Waals surface area contributed by atoms with E-state index in [9.17, 15) is 0 Å². The minimum absolute atomic E-state index is 1.14. The third-order valence-corrected chi connectivity index (χ3v) is 12.0. The van der Waals surface area contributed by atoms with E-state index in [-0.39, 0.29) is 0 Å². The zero-order valence-electron chi connectivity index (χ0n) is 26.5. The molecule has 0 aliphatic carbocycles. The molecular weight excluding hydrogens is 631 g/mol. The second kappa shape index (κ2) is 11.5. The van der Waals surface area contributed by atoms with Crippen molar-refractivity contribution in [1.82, 2.24) is 0 Å². The molecule has 10 rings (SSSR count). The lowest BCUT2D eigenvalue weighted by Crippen LogP contribution is -2.10. The summed E-state index contributed by atoms with van der Waals surface area (Å²) in [6.07, 6.45) is 0. The van der Waals surface area contributed by atoms with Crippen molar-refractivity contribution in [2.75, 3.05) is 4.90 Å². The lowest BCUT2D eigenvalue weighted by atomic mass is 9.95. The second-order valence-corrected chi connectivity index (χ2v) is 14.7. The van der Waals surface area contributed by atoms with Gasteiger partial charge in [0.1, 0.15) is 0 Å². The summed E-state index contributed by atoms with van der Waals surface area (Å²) in [6, 6.07) is 64.5. The lowest BCUT2D eigenvalue weighted by molar-refractivity contribution is 1.31. The van der Waals surface area contributed by atoms with Gasteiger partial charge in [0.2, 0.25) is 0 Å². The number of anilines is 3. The molecule has 0 fully saturated rings. The Morgan fingerprint density at radius 3 is 1.82 bits per heavy atom. The SMILES string of the molecule is c1cc(-c2cccc(N(c3ccc4sc5ccccc5c4c3)c3cccc4c3sc3ccccc34)c2)cc(-c2cccc3ccccc23)c1. The summed E-state index contributed by atoms with van der Waals surface area (Å²) in [5.74, 6) is 0. The third-order valence-electron chi connectivity index (χ3n) is 9.64. The van der Waals surface area contributed by atoms with Crippen LogP contribution in [-0.2, 0) is 0 Å². The quantitative estimate of drug-likeness (QED) is 0.178. The molecule has 0 aliphatic heterocycles. The standard InChI is InChI=1S/C46H29NS2/c1-2-17-36-30(11-1)12-9-20-37(36)33-15-7-13-31(27-33)32-14-8-16-34(28-32)47(35-25-26-45-41(29-35)39-19-4-5-23-43(39)48-45)42-22-10-21-40-38-18-3-6-24-44(38)49-46(40)42/h1-29H. The largest absolute Gasteiger partial charge is 0.309 e. The zero-order valence-corrected chi connectivity index (χ0v) is 28.1. The van der Waals surface area contributed by atoms with Crippen molar-refractivity contribution in [2.24, 2.45) is 0 Å². The Hall–Kier alpha value is -5.74. The van der Waals surface area contributed by atoms with Gasteiger partial charge in [0.15, 0.2) is 0 Å². The van der Waals surface area contributed by atoms with Crippen LogP contribution >= 0.6 is 22.7 Å². The van der Waals surface area contributed by atoms with E-state index < -0.39 is 0 Å². The molecule has 0 saturated carbocycles. The van der Waals surface area contributed by atoms with Gasteiger partial charge in [0.05, 0.1) is 10.4 Å². The minimum atomic E-state index is 1.14. The predicted octanol–water partition coefficient (Wildman–Crippen LogP) is 14.4. The summed E-state index contributed by atoms with van der Waals surface area (Å²) >= 11 is 3.74. The van der Waals surface area contributed by atoms with Crippen molar-refractivity contribution in [3.05, 3.63) is 176 Å². The number of fused-ring (bicyclic) bond motifs is 7. The molecule has 0 spiro atoms. The summed E-state index contributed by atoms with van der Waals surface area (Å²) in [6.45, 7) is 0. The van der Waals surface area contributed by atoms with Gasteiger partial charge in [0, 0.05) is 47.0 Å². The van der Waals surface area contributed by atoms with Gasteiger partial charge in [-0.2, -0.15) is 0 Å². The first-order chi connectivity index (χ1) is 24.3. The molecule has 49 heavy (non-hydrogen) atoms. The summed E-state index contributed by atoms with van der Waals surface area (Å²) < 4.78 is 5.23. The molecule has 0 atom stereocenters. The fraction of sp³-hybridized carbons (Fsp3) is 0. The first-order valence-electron chi connectivity index (χ1n) is 16.6. The van der Waals surface area contributed by atoms with Crippen LogP contribution in [-0.4, -0.2) is 0 Å². The zero-order chi connectivity index (χ0) is 32.3. The molecule has 0 N–H and O–H groups in total. The molecule has 2 heterocycles. The van der Waals surface area contributed by atoms with Crippen LogP contribution in [0.3, 0.4) is 0 Å². The van der Waals surface area contributed by atoms with Crippen molar-refractivity contribution in [2.45, 2.75) is 0 Å². The highest BCUT2D eigenvalue weighted by Crippen LogP contribution is 2.47. The van der Waals surface area contributed by atoms with Crippen molar-refractivity contribution in [3.8, 4) is 22.3 Å². The fourth-order valence-corrected chi connectivity index (χ4v) is 9.65. The van der Waals surface area contributed by atoms with Crippen LogP contribution in [0.1, 0.15) is 0 Å². The Balaban J connectivity index is 1.17. The van der Waals surface area contributed by atoms with E-state index in [4.69, 9.17) is 0 Å². The highest BCUT2D eigenvalue weighted by atomic mass is 32.1. The first-order valence-corrected chi connectivity index (χ1v) is 18.2. The molecule has 230 valence electrons. The van der Waals surface area contributed by atoms with Crippen LogP contribution in [0.15, 0.2) is 176 Å². The predicted molar refractivity (Wildman–Crippen MR) is 215 cm³/mol. The van der Waals surface area contributed by atoms with Gasteiger partial charge >= 0.3 is 0 Å². The molecule has 0 aliphatic rings. The van der Waals surface area contributed by atoms with Gasteiger partial charge in [-0.15, -0.1) is 22.7 Å². The summed E-state index contributed by atoms with van der Waals surface area (Å²) in [7, 11) is 0. The van der Waals surface area contributed by atoms with E-state index in [2.05, 4.69) is 181 Å². The van der Waals surface area contributed by atoms with Crippen LogP contribution in [0.4, 0.5) is 17.1 Å². The maximum Gasteiger partial charge on any atom is 0.0640 e. The number of hydrogen-bond acceptors (Lipinski definition) is 3. The molecule has 3 heteroatoms. The second-order valence-electron chi connectivity index (χ2n) is 12.5. The van der Waals surface area contributed by atoms with Crippen LogP contribution in [0.2, 0.25) is 0 Å². The molecule has 0 saturated heterocycles. The van der Waals surface area contributed by atoms with Gasteiger partial charge in [-0.3, -0.25) is 0 Å². The number of hydrogen-bond donors (Lipinski definition) is 0. The number of rotatable bonds is 5. The van der Waals surface area contributed by atoms with Gasteiger partial charge in [-0.25, -0.2) is 0 Å². The van der Waals surface area contributed by atoms with Crippen LogP contribution < -0.4 is 4.90 Å². The van der Waals surface area contributed by atoms with Crippen molar-refractivity contribution in [1.29, 1.82) is 0 Å². The van der Waals surface area contributed by atoms with Crippen LogP contribution in [0.5, 0.6) is 0 Å². The van der Waals surface area contributed by atoms with Crippen molar-refractivity contribution < 1.29 is 0 Å². The molecule has 0 radical (unpaired) electrons. The Morgan fingerprint density at radius 1 is 0.347 bits per heavy atom. The van der Waals surface area contributed by atoms with E-state index in [1.54, 1.807) is 0 Å². The molecule has 0 amide bonds. The number of nitrogens with zero attached hydrogens (tertiary/aromatic N) is 1. The number of thiophene rings is 2. The Morgan fingerprint density at radius 2 is 0.939 bits per heavy atom. The van der Waals surface area contributed by atoms with E-state index in [1.165, 1.54) is 79.1 Å². The van der Waals surface area contributed by atoms with E-state index in [0.717, 1.165) is 11.4 Å². The van der Waals surface area contributed by atoms with Gasteiger partial charge in [-0.1, -0.05) is 121 Å². The minimum Gasteiger partial charge on any atom is -0.309 e. The van der Waals surface area contributed by atoms with Crippen LogP contribution in [0.25, 0.3) is 73.4 Å². The normalized spacial score (nSPS) is 11.7. The Labute approximate surface area is 292 Å². The topological polar surface area (TPSA) is 3.24 Å². The average molecular weight is 660 g/mol. The lowest BCUT2D eigenvalue weighted by Gasteiger charge is -2.27. The third kappa shape index (κ3) is 4.74.